The number of nitrogens with two attached hydrogens (primary N) is 1. The minimum Gasteiger partial charge on any atom is -0.481 e. The number of aliphatic hydroxyl groups excluding tert-OH is 1. The summed E-state index contributed by atoms with van der Waals surface area (Å²) in [6.45, 7) is 1.22. The lowest BCUT2D eigenvalue weighted by Crippen LogP contribution is -2.58. The molecule has 162 valence electrons. The number of aliphatic carboxylic acids is 2. The summed E-state index contributed by atoms with van der Waals surface area (Å²) in [5.74, 6) is -4.75. The first-order valence-corrected chi connectivity index (χ1v) is 9.14. The van der Waals surface area contributed by atoms with Gasteiger partial charge in [0.1, 0.15) is 12.1 Å². The van der Waals surface area contributed by atoms with Crippen LogP contribution in [-0.4, -0.2) is 68.3 Å². The number of aromatic nitrogens is 1. The minimum atomic E-state index is -1.71. The van der Waals surface area contributed by atoms with E-state index in [-0.39, 0.29) is 6.42 Å². The van der Waals surface area contributed by atoms with Crippen LogP contribution in [0.4, 0.5) is 0 Å². The van der Waals surface area contributed by atoms with E-state index in [4.69, 9.17) is 15.9 Å². The van der Waals surface area contributed by atoms with Crippen LogP contribution in [0.15, 0.2) is 30.5 Å². The molecule has 1 heterocycles. The summed E-state index contributed by atoms with van der Waals surface area (Å²) in [6.07, 6.45) is -0.365. The first-order valence-electron chi connectivity index (χ1n) is 9.14. The molecule has 2 aromatic rings. The van der Waals surface area contributed by atoms with Gasteiger partial charge in [0.2, 0.25) is 11.8 Å². The predicted octanol–water partition coefficient (Wildman–Crippen LogP) is -1.05. The smallest absolute Gasteiger partial charge is 0.326 e. The molecule has 4 atom stereocenters. The topological polar surface area (TPSA) is 195 Å². The van der Waals surface area contributed by atoms with E-state index >= 15 is 0 Å². The molecule has 2 rings (SSSR count). The maximum Gasteiger partial charge on any atom is 0.326 e. The summed E-state index contributed by atoms with van der Waals surface area (Å²) in [5, 5.41) is 32.9. The third kappa shape index (κ3) is 5.78. The molecule has 0 bridgehead atoms. The van der Waals surface area contributed by atoms with Gasteiger partial charge in [-0.2, -0.15) is 0 Å². The van der Waals surface area contributed by atoms with Crippen molar-refractivity contribution in [2.24, 2.45) is 5.73 Å². The number of carbonyl (C=O) groups is 4. The van der Waals surface area contributed by atoms with Crippen molar-refractivity contribution in [1.29, 1.82) is 0 Å². The lowest BCUT2D eigenvalue weighted by Gasteiger charge is -2.24. The van der Waals surface area contributed by atoms with Gasteiger partial charge in [-0.25, -0.2) is 4.79 Å². The lowest BCUT2D eigenvalue weighted by atomic mass is 10.0. The van der Waals surface area contributed by atoms with Crippen LogP contribution in [0.2, 0.25) is 0 Å². The molecule has 0 spiro atoms. The Morgan fingerprint density at radius 1 is 1.10 bits per heavy atom. The summed E-state index contributed by atoms with van der Waals surface area (Å²) in [6, 6.07) is 3.16. The number of aliphatic hydroxyl groups is 1. The zero-order valence-corrected chi connectivity index (χ0v) is 16.2. The second kappa shape index (κ2) is 9.85. The molecule has 0 unspecified atom stereocenters. The van der Waals surface area contributed by atoms with E-state index in [0.717, 1.165) is 16.5 Å². The first-order chi connectivity index (χ1) is 14.1. The van der Waals surface area contributed by atoms with E-state index in [2.05, 4.69) is 10.3 Å². The molecule has 0 saturated carbocycles. The number of amides is 2. The quantitative estimate of drug-likeness (QED) is 0.253. The molecule has 0 aliphatic carbocycles. The van der Waals surface area contributed by atoms with Crippen molar-refractivity contribution in [3.63, 3.8) is 0 Å². The summed E-state index contributed by atoms with van der Waals surface area (Å²) in [7, 11) is 0. The Balaban J connectivity index is 2.05. The summed E-state index contributed by atoms with van der Waals surface area (Å²) < 4.78 is 0. The zero-order valence-electron chi connectivity index (χ0n) is 16.2. The van der Waals surface area contributed by atoms with Crippen LogP contribution in [0.1, 0.15) is 18.9 Å². The highest BCUT2D eigenvalue weighted by Gasteiger charge is 2.32. The van der Waals surface area contributed by atoms with Gasteiger partial charge >= 0.3 is 11.9 Å². The molecule has 2 amide bonds. The van der Waals surface area contributed by atoms with Crippen LogP contribution in [0.5, 0.6) is 0 Å². The average molecular weight is 420 g/mol. The second-order valence-electron chi connectivity index (χ2n) is 6.89. The van der Waals surface area contributed by atoms with Crippen molar-refractivity contribution in [2.45, 2.75) is 44.0 Å². The lowest BCUT2D eigenvalue weighted by molar-refractivity contribution is -0.147. The van der Waals surface area contributed by atoms with E-state index in [1.165, 1.54) is 6.92 Å². The van der Waals surface area contributed by atoms with Crippen molar-refractivity contribution < 1.29 is 34.5 Å². The number of fused-ring (bicyclic) bond motifs is 1. The number of carboxylic acids is 2. The van der Waals surface area contributed by atoms with Crippen molar-refractivity contribution in [3.8, 4) is 0 Å². The number of hydrogen-bond donors (Lipinski definition) is 7. The van der Waals surface area contributed by atoms with Crippen LogP contribution < -0.4 is 16.4 Å². The van der Waals surface area contributed by atoms with Crippen LogP contribution in [0.3, 0.4) is 0 Å². The molecule has 0 saturated heterocycles. The Morgan fingerprint density at radius 3 is 2.37 bits per heavy atom. The van der Waals surface area contributed by atoms with Crippen molar-refractivity contribution in [1.82, 2.24) is 15.6 Å². The fourth-order valence-corrected chi connectivity index (χ4v) is 2.93. The molecule has 11 nitrogen and oxygen atoms in total. The van der Waals surface area contributed by atoms with E-state index in [0.29, 0.717) is 0 Å². The molecular formula is C19H24N4O7. The second-order valence-corrected chi connectivity index (χ2v) is 6.89. The maximum atomic E-state index is 12.5. The molecule has 30 heavy (non-hydrogen) atoms. The highest BCUT2D eigenvalue weighted by molar-refractivity contribution is 5.93. The monoisotopic (exact) mass is 420 g/mol. The van der Waals surface area contributed by atoms with Gasteiger partial charge in [-0.1, -0.05) is 18.2 Å². The van der Waals surface area contributed by atoms with E-state index in [1.54, 1.807) is 6.20 Å². The van der Waals surface area contributed by atoms with Gasteiger partial charge in [-0.05, 0) is 25.0 Å². The van der Waals surface area contributed by atoms with Gasteiger partial charge < -0.3 is 36.7 Å². The van der Waals surface area contributed by atoms with Gasteiger partial charge in [0, 0.05) is 17.1 Å². The fraction of sp³-hybridized carbons (Fsp3) is 0.368. The van der Waals surface area contributed by atoms with E-state index in [1.807, 2.05) is 29.6 Å². The predicted molar refractivity (Wildman–Crippen MR) is 105 cm³/mol. The van der Waals surface area contributed by atoms with Crippen molar-refractivity contribution in [2.75, 3.05) is 0 Å². The highest BCUT2D eigenvalue weighted by Crippen LogP contribution is 2.18. The van der Waals surface area contributed by atoms with Crippen molar-refractivity contribution in [3.05, 3.63) is 36.0 Å². The number of para-hydroxylation sites is 1. The number of benzene rings is 1. The number of carbonyl (C=O) groups excluding carboxylic acids is 2. The Hall–Kier alpha value is -3.44. The first kappa shape index (κ1) is 22.8. The van der Waals surface area contributed by atoms with Gasteiger partial charge in [0.25, 0.3) is 0 Å². The Morgan fingerprint density at radius 2 is 1.77 bits per heavy atom. The van der Waals surface area contributed by atoms with Crippen LogP contribution in [-0.2, 0) is 25.6 Å². The normalized spacial score (nSPS) is 15.0. The minimum absolute atomic E-state index is 0.154. The summed E-state index contributed by atoms with van der Waals surface area (Å²) in [5.41, 5.74) is 7.62. The van der Waals surface area contributed by atoms with Gasteiger partial charge in [-0.3, -0.25) is 14.4 Å². The largest absolute Gasteiger partial charge is 0.481 e. The number of H-pyrrole nitrogens is 1. The number of rotatable bonds is 10. The van der Waals surface area contributed by atoms with Crippen molar-refractivity contribution >= 4 is 34.7 Å². The number of nitrogens with one attached hydrogen (secondary N) is 3. The van der Waals surface area contributed by atoms with E-state index in [9.17, 15) is 24.3 Å². The van der Waals surface area contributed by atoms with E-state index < -0.39 is 54.4 Å². The molecule has 11 heteroatoms. The molecule has 1 aromatic heterocycles. The Labute approximate surface area is 171 Å². The SMILES string of the molecule is C[C@@H](O)[C@H](NC(=O)[C@@H](N)Cc1c[nH]c2ccccc12)C(=O)N[C@@H](CC(=O)O)C(=O)O. The standard InChI is InChI=1S/C19H24N4O7/c1-9(24)16(18(28)22-14(19(29)30)7-15(25)26)23-17(27)12(20)6-10-8-21-13-5-3-2-4-11(10)13/h2-5,8-9,12,14,16,21,24H,6-7,20H2,1H3,(H,22,28)(H,23,27)(H,25,26)(H,29,30)/t9-,12+,14+,16+/m1/s1. The third-order valence-corrected chi connectivity index (χ3v) is 4.51. The molecule has 0 fully saturated rings. The van der Waals surface area contributed by atoms with Gasteiger partial charge in [0.05, 0.1) is 18.6 Å². The van der Waals surface area contributed by atoms with Crippen LogP contribution in [0.25, 0.3) is 10.9 Å². The van der Waals surface area contributed by atoms with Crippen LogP contribution in [0, 0.1) is 0 Å². The molecular weight excluding hydrogens is 396 g/mol. The summed E-state index contributed by atoms with van der Waals surface area (Å²) >= 11 is 0. The molecule has 0 aliphatic rings. The van der Waals surface area contributed by atoms with Crippen LogP contribution >= 0.6 is 0 Å². The maximum absolute atomic E-state index is 12.5. The average Bonchev–Trinajstić information content (AvgIpc) is 3.07. The van der Waals surface area contributed by atoms with Gasteiger partial charge in [-0.15, -0.1) is 0 Å². The highest BCUT2D eigenvalue weighted by atomic mass is 16.4. The van der Waals surface area contributed by atoms with Gasteiger partial charge in [0.15, 0.2) is 0 Å². The third-order valence-electron chi connectivity index (χ3n) is 4.51. The molecule has 1 aromatic carbocycles. The molecule has 8 N–H and O–H groups in total. The molecule has 0 radical (unpaired) electrons. The zero-order chi connectivity index (χ0) is 22.4. The number of hydrogen-bond acceptors (Lipinski definition) is 6. The Bertz CT molecular complexity index is 940. The number of aromatic amines is 1. The summed E-state index contributed by atoms with van der Waals surface area (Å²) in [4.78, 5) is 49.8. The number of carboxylic acid groups (broad SMARTS) is 2. The fourth-order valence-electron chi connectivity index (χ4n) is 2.93. The molecule has 0 aliphatic heterocycles. The Kier molecular flexibility index (Phi) is 7.50.